The highest BCUT2D eigenvalue weighted by molar-refractivity contribution is 7.90. The van der Waals surface area contributed by atoms with Gasteiger partial charge in [0.2, 0.25) is 10.0 Å². The Bertz CT molecular complexity index is 1680. The van der Waals surface area contributed by atoms with Crippen molar-refractivity contribution in [3.63, 3.8) is 0 Å². The van der Waals surface area contributed by atoms with E-state index in [4.69, 9.17) is 25.8 Å². The highest BCUT2D eigenvalue weighted by atomic mass is 35.5. The summed E-state index contributed by atoms with van der Waals surface area (Å²) in [5.41, 5.74) is 3.43. The van der Waals surface area contributed by atoms with Crippen LogP contribution in [0.5, 0.6) is 5.75 Å². The number of fused-ring (bicyclic) bond motifs is 3. The van der Waals surface area contributed by atoms with Crippen LogP contribution >= 0.6 is 11.6 Å². The molecule has 5 aliphatic rings. The number of benzene rings is 2. The van der Waals surface area contributed by atoms with E-state index in [0.717, 1.165) is 93.8 Å². The number of amides is 1. The zero-order valence-corrected chi connectivity index (χ0v) is 32.8. The first kappa shape index (κ1) is 37.9. The van der Waals surface area contributed by atoms with Crippen molar-refractivity contribution >= 4 is 33.2 Å². The highest BCUT2D eigenvalue weighted by Gasteiger charge is 2.45. The smallest absolute Gasteiger partial charge is 0.264 e. The van der Waals surface area contributed by atoms with E-state index < -0.39 is 21.2 Å². The van der Waals surface area contributed by atoms with E-state index in [2.05, 4.69) is 33.5 Å². The molecule has 4 aliphatic heterocycles. The quantitative estimate of drug-likeness (QED) is 0.407. The summed E-state index contributed by atoms with van der Waals surface area (Å²) < 4.78 is 49.2. The fourth-order valence-electron chi connectivity index (χ4n) is 8.88. The number of likely N-dealkylation sites (tertiary alicyclic amines) is 1. The van der Waals surface area contributed by atoms with Crippen molar-refractivity contribution in [2.75, 3.05) is 58.4 Å². The largest absolute Gasteiger partial charge is 0.487 e. The number of ether oxygens (including phenoxy) is 3. The normalized spacial score (nSPS) is 32.2. The third-order valence-electron chi connectivity index (χ3n) is 12.8. The molecule has 0 spiro atoms. The van der Waals surface area contributed by atoms with E-state index >= 15 is 0 Å². The maximum Gasteiger partial charge on any atom is 0.264 e. The van der Waals surface area contributed by atoms with Crippen LogP contribution in [0.2, 0.25) is 5.02 Å². The van der Waals surface area contributed by atoms with Gasteiger partial charge in [0.25, 0.3) is 5.91 Å². The summed E-state index contributed by atoms with van der Waals surface area (Å²) >= 11 is 6.40. The Balaban J connectivity index is 1.17. The fraction of sp³-hybridized carbons (Fsp3) is 0.675. The first-order chi connectivity index (χ1) is 25.0. The van der Waals surface area contributed by atoms with Crippen LogP contribution in [0.1, 0.15) is 80.3 Å². The predicted molar refractivity (Wildman–Crippen MR) is 204 cm³/mol. The molecule has 1 saturated carbocycles. The molecule has 0 radical (unpaired) electrons. The Kier molecular flexibility index (Phi) is 11.8. The molecule has 12 heteroatoms. The minimum Gasteiger partial charge on any atom is -0.487 e. The number of nitrogens with zero attached hydrogens (tertiary/aromatic N) is 3. The molecule has 2 aromatic carbocycles. The summed E-state index contributed by atoms with van der Waals surface area (Å²) in [5.74, 6) is 1.03. The van der Waals surface area contributed by atoms with Crippen molar-refractivity contribution in [3.05, 3.63) is 58.1 Å². The third kappa shape index (κ3) is 8.30. The van der Waals surface area contributed by atoms with Crippen molar-refractivity contribution in [1.29, 1.82) is 0 Å². The summed E-state index contributed by atoms with van der Waals surface area (Å²) in [6.45, 7) is 9.13. The van der Waals surface area contributed by atoms with Crippen LogP contribution in [0.15, 0.2) is 36.4 Å². The number of nitrogens with one attached hydrogen (secondary N) is 1. The second-order valence-corrected chi connectivity index (χ2v) is 18.8. The monoisotopic (exact) mass is 756 g/mol. The molecule has 3 fully saturated rings. The van der Waals surface area contributed by atoms with E-state index in [1.165, 1.54) is 5.56 Å². The van der Waals surface area contributed by atoms with Crippen LogP contribution in [0.25, 0.3) is 0 Å². The highest BCUT2D eigenvalue weighted by Crippen LogP contribution is 2.46. The number of likely N-dealkylation sites (N-methyl/N-ethyl adjacent to an activating group) is 1. The molecule has 1 amide bonds. The molecule has 2 aromatic rings. The lowest BCUT2D eigenvalue weighted by Crippen LogP contribution is -2.64. The number of hydrogen-bond donors (Lipinski definition) is 1. The van der Waals surface area contributed by atoms with Crippen LogP contribution in [0.3, 0.4) is 0 Å². The van der Waals surface area contributed by atoms with Gasteiger partial charge in [-0.15, -0.1) is 0 Å². The second-order valence-electron chi connectivity index (χ2n) is 16.3. The molecule has 5 atom stereocenters. The molecule has 7 rings (SSSR count). The lowest BCUT2D eigenvalue weighted by atomic mass is 9.65. The van der Waals surface area contributed by atoms with Crippen LogP contribution in [-0.2, 0) is 32.5 Å². The van der Waals surface area contributed by atoms with E-state index in [-0.39, 0.29) is 24.2 Å². The van der Waals surface area contributed by atoms with E-state index in [9.17, 15) is 13.2 Å². The van der Waals surface area contributed by atoms with E-state index in [0.29, 0.717) is 49.0 Å². The SMILES string of the molecule is C[C@@H]1[C@@H](C)CCC[C@@H](C2OCC(N3CC(N(C)C)C3)CO2)[C@@H]2CC[C@H]2CN2CCCCc3cc(Cl)ccc3COc3ccc(cc32)C(=O)NS1(=O)=O. The van der Waals surface area contributed by atoms with Gasteiger partial charge < -0.3 is 24.0 Å². The van der Waals surface area contributed by atoms with E-state index in [1.54, 1.807) is 13.0 Å². The number of hydrogen-bond acceptors (Lipinski definition) is 9. The zero-order chi connectivity index (χ0) is 36.6. The number of carbonyl (C=O) groups is 1. The predicted octanol–water partition coefficient (Wildman–Crippen LogP) is 5.96. The van der Waals surface area contributed by atoms with Gasteiger partial charge in [-0.1, -0.05) is 31.0 Å². The first-order valence-electron chi connectivity index (χ1n) is 19.5. The van der Waals surface area contributed by atoms with Gasteiger partial charge in [0.1, 0.15) is 12.4 Å². The summed E-state index contributed by atoms with van der Waals surface area (Å²) in [6, 6.07) is 12.2. The summed E-state index contributed by atoms with van der Waals surface area (Å²) in [5, 5.41) is -0.00191. The number of sulfonamides is 1. The molecule has 286 valence electrons. The lowest BCUT2D eigenvalue weighted by molar-refractivity contribution is -0.248. The first-order valence-corrected chi connectivity index (χ1v) is 21.4. The molecule has 52 heavy (non-hydrogen) atoms. The van der Waals surface area contributed by atoms with Gasteiger partial charge in [-0.2, -0.15) is 0 Å². The summed E-state index contributed by atoms with van der Waals surface area (Å²) in [7, 11) is 0.371. The molecule has 1 aliphatic carbocycles. The summed E-state index contributed by atoms with van der Waals surface area (Å²) in [6.07, 6.45) is 7.36. The number of halogens is 1. The van der Waals surface area contributed by atoms with Crippen LogP contribution in [0.4, 0.5) is 5.69 Å². The van der Waals surface area contributed by atoms with Crippen LogP contribution < -0.4 is 14.4 Å². The fourth-order valence-corrected chi connectivity index (χ4v) is 10.4. The van der Waals surface area contributed by atoms with Gasteiger partial charge in [-0.05, 0) is 125 Å². The average Bonchev–Trinajstić information content (AvgIpc) is 3.11. The molecule has 10 nitrogen and oxygen atoms in total. The molecular weight excluding hydrogens is 700 g/mol. The topological polar surface area (TPSA) is 101 Å². The summed E-state index contributed by atoms with van der Waals surface area (Å²) in [4.78, 5) is 20.7. The Labute approximate surface area is 315 Å². The molecule has 0 unspecified atom stereocenters. The van der Waals surface area contributed by atoms with E-state index in [1.807, 2.05) is 37.3 Å². The zero-order valence-electron chi connectivity index (χ0n) is 31.3. The van der Waals surface area contributed by atoms with Gasteiger partial charge in [0, 0.05) is 48.7 Å². The Hall–Kier alpha value is -2.41. The van der Waals surface area contributed by atoms with Gasteiger partial charge in [-0.25, -0.2) is 13.1 Å². The number of anilines is 1. The van der Waals surface area contributed by atoms with Crippen molar-refractivity contribution in [2.45, 2.75) is 95.4 Å². The van der Waals surface area contributed by atoms with Crippen LogP contribution in [-0.4, -0.2) is 101 Å². The maximum atomic E-state index is 13.6. The van der Waals surface area contributed by atoms with Gasteiger partial charge in [0.05, 0.1) is 30.2 Å². The van der Waals surface area contributed by atoms with Gasteiger partial charge >= 0.3 is 0 Å². The van der Waals surface area contributed by atoms with Crippen LogP contribution in [0, 0.1) is 23.7 Å². The molecular formula is C40H57ClN4O6S. The Morgan fingerprint density at radius 2 is 1.67 bits per heavy atom. The second kappa shape index (κ2) is 16.1. The lowest BCUT2D eigenvalue weighted by Gasteiger charge is -2.51. The number of aryl methyl sites for hydroxylation is 1. The number of carbonyl (C=O) groups excluding carboxylic acids is 1. The van der Waals surface area contributed by atoms with Gasteiger partial charge in [0.15, 0.2) is 6.29 Å². The molecule has 2 saturated heterocycles. The van der Waals surface area contributed by atoms with Gasteiger partial charge in [-0.3, -0.25) is 9.69 Å². The van der Waals surface area contributed by atoms with Crippen molar-refractivity contribution in [3.8, 4) is 5.75 Å². The maximum absolute atomic E-state index is 13.6. The third-order valence-corrected chi connectivity index (χ3v) is 15.0. The average molecular weight is 757 g/mol. The van der Waals surface area contributed by atoms with Crippen molar-refractivity contribution in [1.82, 2.24) is 14.5 Å². The number of rotatable bonds is 3. The van der Waals surface area contributed by atoms with Crippen molar-refractivity contribution < 1.29 is 27.4 Å². The standard InChI is InChI=1S/C40H57ClN4O6S/c1-26-8-7-10-36(40-50-24-34(25-51-40)45-21-33(22-45)43(3)4)35-15-12-30(35)20-44-17-6-5-9-28-18-32(41)14-11-31(28)23-49-38-16-13-29(19-37(38)44)39(46)42-52(47,48)27(26)2/h11,13-14,16,18-19,26-27,30,33-36,40H,5-10,12,15,17,20-25H2,1-4H3,(H,42,46)/t26-,27+,30-,34?,35+,36+,40?/m0/s1. The Morgan fingerprint density at radius 1 is 0.885 bits per heavy atom. The Morgan fingerprint density at radius 3 is 2.40 bits per heavy atom. The molecule has 1 N–H and O–H groups in total. The molecule has 0 aromatic heterocycles. The van der Waals surface area contributed by atoms with Crippen molar-refractivity contribution in [2.24, 2.45) is 23.7 Å². The molecule has 4 heterocycles. The minimum atomic E-state index is -3.91. The minimum absolute atomic E-state index is 0.126. The molecule has 2 bridgehead atoms.